The number of nitrogens with zero attached hydrogens (tertiary/aromatic N) is 1. The Morgan fingerprint density at radius 1 is 1.04 bits per heavy atom. The van der Waals surface area contributed by atoms with Gasteiger partial charge in [-0.2, -0.15) is 0 Å². The van der Waals surface area contributed by atoms with Crippen LogP contribution in [0.2, 0.25) is 0 Å². The molecule has 2 rings (SSSR count). The molecule has 23 heavy (non-hydrogen) atoms. The lowest BCUT2D eigenvalue weighted by molar-refractivity contribution is -0.0130. The lowest BCUT2D eigenvalue weighted by Crippen LogP contribution is -2.24. The molecule has 0 radical (unpaired) electrons. The largest absolute Gasteiger partial charge is 0.370 e. The fourth-order valence-electron chi connectivity index (χ4n) is 2.37. The number of aryl methyl sites for hydroxylation is 1. The van der Waals surface area contributed by atoms with Crippen molar-refractivity contribution in [3.63, 3.8) is 0 Å². The predicted octanol–water partition coefficient (Wildman–Crippen LogP) is 5.71. The SMILES string of the molecule is CC.CCc1ccccc1C(C)(C)OCCSc1ccccn1. The molecule has 2 nitrogen and oxygen atoms in total. The molecule has 1 aromatic heterocycles. The first-order chi connectivity index (χ1) is 11.1. The van der Waals surface area contributed by atoms with E-state index in [4.69, 9.17) is 4.74 Å². The van der Waals surface area contributed by atoms with Gasteiger partial charge in [-0.25, -0.2) is 4.98 Å². The highest BCUT2D eigenvalue weighted by Gasteiger charge is 2.23. The van der Waals surface area contributed by atoms with E-state index in [-0.39, 0.29) is 5.60 Å². The van der Waals surface area contributed by atoms with Crippen LogP contribution in [0.5, 0.6) is 0 Å². The molecule has 0 saturated carbocycles. The van der Waals surface area contributed by atoms with Gasteiger partial charge in [-0.05, 0) is 43.5 Å². The Morgan fingerprint density at radius 3 is 2.39 bits per heavy atom. The van der Waals surface area contributed by atoms with Crippen LogP contribution in [0.25, 0.3) is 0 Å². The zero-order valence-electron chi connectivity index (χ0n) is 15.0. The van der Waals surface area contributed by atoms with Gasteiger partial charge in [-0.15, -0.1) is 11.8 Å². The van der Waals surface area contributed by atoms with Crippen molar-refractivity contribution in [2.24, 2.45) is 0 Å². The van der Waals surface area contributed by atoms with E-state index in [1.807, 2.05) is 38.2 Å². The Bertz CT molecular complexity index is 555. The fourth-order valence-corrected chi connectivity index (χ4v) is 3.06. The summed E-state index contributed by atoms with van der Waals surface area (Å²) in [5.41, 5.74) is 2.40. The summed E-state index contributed by atoms with van der Waals surface area (Å²) in [4.78, 5) is 4.31. The second-order valence-electron chi connectivity index (χ2n) is 5.39. The molecule has 1 heterocycles. The Labute approximate surface area is 145 Å². The van der Waals surface area contributed by atoms with Crippen LogP contribution in [0, 0.1) is 0 Å². The van der Waals surface area contributed by atoms with E-state index >= 15 is 0 Å². The zero-order valence-corrected chi connectivity index (χ0v) is 15.8. The minimum atomic E-state index is -0.253. The van der Waals surface area contributed by atoms with Crippen LogP contribution in [0.3, 0.4) is 0 Å². The maximum absolute atomic E-state index is 6.13. The third-order valence-corrected chi connectivity index (χ3v) is 4.39. The minimum Gasteiger partial charge on any atom is -0.370 e. The molecule has 0 fully saturated rings. The number of benzene rings is 1. The normalized spacial score (nSPS) is 10.8. The van der Waals surface area contributed by atoms with Crippen LogP contribution in [0.1, 0.15) is 45.7 Å². The van der Waals surface area contributed by atoms with Crippen LogP contribution in [-0.2, 0) is 16.8 Å². The average molecular weight is 332 g/mol. The summed E-state index contributed by atoms with van der Waals surface area (Å²) in [6.45, 7) is 11.2. The molecule has 2 aromatic rings. The summed E-state index contributed by atoms with van der Waals surface area (Å²) < 4.78 is 6.13. The molecule has 0 N–H and O–H groups in total. The maximum atomic E-state index is 6.13. The van der Waals surface area contributed by atoms with Crippen molar-refractivity contribution in [3.05, 3.63) is 59.8 Å². The molecule has 0 saturated heterocycles. The van der Waals surface area contributed by atoms with E-state index < -0.39 is 0 Å². The van der Waals surface area contributed by atoms with E-state index in [9.17, 15) is 0 Å². The first-order valence-corrected chi connectivity index (χ1v) is 9.38. The van der Waals surface area contributed by atoms with Gasteiger partial charge >= 0.3 is 0 Å². The monoisotopic (exact) mass is 331 g/mol. The highest BCUT2D eigenvalue weighted by atomic mass is 32.2. The van der Waals surface area contributed by atoms with Crippen molar-refractivity contribution in [2.45, 2.75) is 51.7 Å². The second-order valence-corrected chi connectivity index (χ2v) is 6.50. The molecule has 3 heteroatoms. The van der Waals surface area contributed by atoms with Crippen LogP contribution in [0.15, 0.2) is 53.7 Å². The lowest BCUT2D eigenvalue weighted by Gasteiger charge is -2.28. The number of aromatic nitrogens is 1. The van der Waals surface area contributed by atoms with Gasteiger partial charge in [0.05, 0.1) is 17.2 Å². The van der Waals surface area contributed by atoms with Gasteiger partial charge in [0.25, 0.3) is 0 Å². The first kappa shape index (κ1) is 19.7. The second kappa shape index (κ2) is 10.5. The fraction of sp³-hybridized carbons (Fsp3) is 0.450. The number of ether oxygens (including phenoxy) is 1. The number of rotatable bonds is 7. The zero-order chi connectivity index (χ0) is 17.1. The van der Waals surface area contributed by atoms with Crippen LogP contribution in [-0.4, -0.2) is 17.3 Å². The average Bonchev–Trinajstić information content (AvgIpc) is 2.61. The van der Waals surface area contributed by atoms with Crippen LogP contribution < -0.4 is 0 Å². The number of hydrogen-bond donors (Lipinski definition) is 0. The Kier molecular flexibility index (Phi) is 8.97. The van der Waals surface area contributed by atoms with Crippen molar-refractivity contribution in [3.8, 4) is 0 Å². The topological polar surface area (TPSA) is 22.1 Å². The molecular weight excluding hydrogens is 302 g/mol. The highest BCUT2D eigenvalue weighted by Crippen LogP contribution is 2.28. The molecule has 0 spiro atoms. The number of hydrogen-bond acceptors (Lipinski definition) is 3. The molecule has 0 aliphatic rings. The van der Waals surface area contributed by atoms with Crippen molar-refractivity contribution >= 4 is 11.8 Å². The van der Waals surface area contributed by atoms with Crippen molar-refractivity contribution in [2.75, 3.05) is 12.4 Å². The van der Waals surface area contributed by atoms with Crippen molar-refractivity contribution in [1.82, 2.24) is 4.98 Å². The maximum Gasteiger partial charge on any atom is 0.0960 e. The van der Waals surface area contributed by atoms with Gasteiger partial charge in [0.2, 0.25) is 0 Å². The molecule has 1 aromatic carbocycles. The summed E-state index contributed by atoms with van der Waals surface area (Å²) in [5, 5.41) is 1.05. The molecule has 0 bridgehead atoms. The third kappa shape index (κ3) is 6.36. The molecule has 0 aliphatic heterocycles. The Morgan fingerprint density at radius 2 is 1.74 bits per heavy atom. The molecule has 0 amide bonds. The number of pyridine rings is 1. The molecule has 0 aliphatic carbocycles. The van der Waals surface area contributed by atoms with E-state index in [0.717, 1.165) is 17.2 Å². The van der Waals surface area contributed by atoms with E-state index in [1.165, 1.54) is 11.1 Å². The molecule has 126 valence electrons. The van der Waals surface area contributed by atoms with E-state index in [0.29, 0.717) is 6.61 Å². The summed E-state index contributed by atoms with van der Waals surface area (Å²) >= 11 is 1.73. The Hall–Kier alpha value is -1.32. The van der Waals surface area contributed by atoms with Gasteiger partial charge in [0.1, 0.15) is 0 Å². The minimum absolute atomic E-state index is 0.253. The summed E-state index contributed by atoms with van der Waals surface area (Å²) in [5.74, 6) is 0.911. The summed E-state index contributed by atoms with van der Waals surface area (Å²) in [6, 6.07) is 14.5. The van der Waals surface area contributed by atoms with Gasteiger partial charge in [-0.3, -0.25) is 0 Å². The summed E-state index contributed by atoms with van der Waals surface area (Å²) in [6.07, 6.45) is 2.86. The van der Waals surface area contributed by atoms with Crippen LogP contribution >= 0.6 is 11.8 Å². The van der Waals surface area contributed by atoms with Crippen molar-refractivity contribution in [1.29, 1.82) is 0 Å². The highest BCUT2D eigenvalue weighted by molar-refractivity contribution is 7.99. The van der Waals surface area contributed by atoms with Gasteiger partial charge in [0, 0.05) is 11.9 Å². The first-order valence-electron chi connectivity index (χ1n) is 8.39. The Balaban J connectivity index is 0.00000127. The van der Waals surface area contributed by atoms with Gasteiger partial charge < -0.3 is 4.74 Å². The van der Waals surface area contributed by atoms with E-state index in [1.54, 1.807) is 11.8 Å². The van der Waals surface area contributed by atoms with Crippen molar-refractivity contribution < 1.29 is 4.74 Å². The molecule has 0 unspecified atom stereocenters. The lowest BCUT2D eigenvalue weighted by atomic mass is 9.92. The molecule has 0 atom stereocenters. The summed E-state index contributed by atoms with van der Waals surface area (Å²) in [7, 11) is 0. The van der Waals surface area contributed by atoms with Gasteiger partial charge in [-0.1, -0.05) is 51.1 Å². The standard InChI is InChI=1S/C18H23NOS.C2H6/c1-4-15-9-5-6-10-16(15)18(2,3)20-13-14-21-17-11-7-8-12-19-17;1-2/h5-12H,4,13-14H2,1-3H3;1-2H3. The predicted molar refractivity (Wildman–Crippen MR) is 101 cm³/mol. The smallest absolute Gasteiger partial charge is 0.0960 e. The van der Waals surface area contributed by atoms with Gasteiger partial charge in [0.15, 0.2) is 0 Å². The molecular formula is C20H29NOS. The van der Waals surface area contributed by atoms with E-state index in [2.05, 4.69) is 50.0 Å². The van der Waals surface area contributed by atoms with Crippen LogP contribution in [0.4, 0.5) is 0 Å². The quantitative estimate of drug-likeness (QED) is 0.479. The third-order valence-electron chi connectivity index (χ3n) is 3.48. The number of thioether (sulfide) groups is 1.